The first-order chi connectivity index (χ1) is 16.0. The van der Waals surface area contributed by atoms with Crippen LogP contribution in [0, 0.1) is 5.92 Å². The van der Waals surface area contributed by atoms with Crippen LogP contribution >= 0.6 is 0 Å². The Morgan fingerprint density at radius 2 is 1.70 bits per heavy atom. The number of amides is 3. The second kappa shape index (κ2) is 10.0. The van der Waals surface area contributed by atoms with E-state index in [4.69, 9.17) is 9.47 Å². The highest BCUT2D eigenvalue weighted by Crippen LogP contribution is 2.31. The van der Waals surface area contributed by atoms with Gasteiger partial charge in [0.25, 0.3) is 5.91 Å². The van der Waals surface area contributed by atoms with E-state index >= 15 is 0 Å². The molecule has 1 saturated heterocycles. The summed E-state index contributed by atoms with van der Waals surface area (Å²) in [4.78, 5) is 27.9. The average molecular weight is 453 g/mol. The zero-order valence-electron chi connectivity index (χ0n) is 19.4. The highest BCUT2D eigenvalue weighted by Gasteiger charge is 2.27. The second-order valence-corrected chi connectivity index (χ2v) is 8.79. The van der Waals surface area contributed by atoms with Crippen molar-refractivity contribution in [1.82, 2.24) is 5.32 Å². The van der Waals surface area contributed by atoms with Gasteiger partial charge in [-0.3, -0.25) is 4.79 Å². The number of nitrogens with one attached hydrogen (secondary N) is 3. The summed E-state index contributed by atoms with van der Waals surface area (Å²) in [5, 5.41) is 8.71. The van der Waals surface area contributed by atoms with Crippen LogP contribution in [0.25, 0.3) is 0 Å². The third-order valence-electron chi connectivity index (χ3n) is 6.19. The monoisotopic (exact) mass is 452 g/mol. The van der Waals surface area contributed by atoms with Crippen LogP contribution < -0.4 is 30.3 Å². The number of urea groups is 1. The van der Waals surface area contributed by atoms with Gasteiger partial charge in [-0.05, 0) is 61.9 Å². The molecule has 3 N–H and O–H groups in total. The van der Waals surface area contributed by atoms with E-state index in [0.29, 0.717) is 34.4 Å². The molecule has 1 heterocycles. The molecule has 8 nitrogen and oxygen atoms in total. The zero-order chi connectivity index (χ0) is 23.4. The van der Waals surface area contributed by atoms with Gasteiger partial charge in [-0.15, -0.1) is 0 Å². The van der Waals surface area contributed by atoms with Crippen molar-refractivity contribution in [3.05, 3.63) is 42.0 Å². The van der Waals surface area contributed by atoms with E-state index in [1.165, 1.54) is 7.11 Å². The number of rotatable bonds is 7. The first kappa shape index (κ1) is 22.8. The van der Waals surface area contributed by atoms with E-state index in [-0.39, 0.29) is 11.9 Å². The minimum Gasteiger partial charge on any atom is -0.497 e. The number of anilines is 3. The van der Waals surface area contributed by atoms with Gasteiger partial charge in [-0.1, -0.05) is 6.92 Å². The number of methoxy groups -OCH3 is 2. The van der Waals surface area contributed by atoms with Crippen molar-refractivity contribution in [3.8, 4) is 11.5 Å². The summed E-state index contributed by atoms with van der Waals surface area (Å²) in [6.45, 7) is 4.12. The average Bonchev–Trinajstić information content (AvgIpc) is 3.64. The molecule has 1 saturated carbocycles. The highest BCUT2D eigenvalue weighted by molar-refractivity contribution is 6.04. The van der Waals surface area contributed by atoms with Crippen LogP contribution in [0.3, 0.4) is 0 Å². The molecule has 2 aliphatic rings. The third-order valence-corrected chi connectivity index (χ3v) is 6.19. The van der Waals surface area contributed by atoms with Crippen molar-refractivity contribution < 1.29 is 19.1 Å². The molecule has 0 aromatic heterocycles. The molecule has 0 radical (unpaired) electrons. The molecule has 3 amide bonds. The van der Waals surface area contributed by atoms with Gasteiger partial charge < -0.3 is 30.3 Å². The molecule has 0 spiro atoms. The molecule has 0 bridgehead atoms. The molecule has 4 rings (SSSR count). The normalized spacial score (nSPS) is 16.2. The Bertz CT molecular complexity index is 1010. The van der Waals surface area contributed by atoms with Crippen molar-refractivity contribution in [2.24, 2.45) is 5.92 Å². The van der Waals surface area contributed by atoms with Crippen molar-refractivity contribution in [1.29, 1.82) is 0 Å². The van der Waals surface area contributed by atoms with Crippen molar-refractivity contribution in [2.75, 3.05) is 42.8 Å². The maximum Gasteiger partial charge on any atom is 0.323 e. The van der Waals surface area contributed by atoms with Gasteiger partial charge in [-0.2, -0.15) is 0 Å². The van der Waals surface area contributed by atoms with Gasteiger partial charge in [0.05, 0.1) is 25.5 Å². The van der Waals surface area contributed by atoms with Crippen LogP contribution in [0.15, 0.2) is 36.4 Å². The van der Waals surface area contributed by atoms with Crippen LogP contribution in [0.1, 0.15) is 43.0 Å². The fourth-order valence-corrected chi connectivity index (χ4v) is 4.00. The molecule has 8 heteroatoms. The first-order valence-electron chi connectivity index (χ1n) is 11.5. The number of hydrogen-bond donors (Lipinski definition) is 3. The molecule has 2 aromatic rings. The Kier molecular flexibility index (Phi) is 6.91. The summed E-state index contributed by atoms with van der Waals surface area (Å²) < 4.78 is 10.5. The Morgan fingerprint density at radius 3 is 2.36 bits per heavy atom. The molecule has 2 fully saturated rings. The quantitative estimate of drug-likeness (QED) is 0.576. The number of benzene rings is 2. The summed E-state index contributed by atoms with van der Waals surface area (Å²) in [6, 6.07) is 10.5. The Labute approximate surface area is 194 Å². The fraction of sp³-hybridized carbons (Fsp3) is 0.440. The lowest BCUT2D eigenvalue weighted by atomic mass is 9.98. The Balaban J connectivity index is 1.51. The van der Waals surface area contributed by atoms with E-state index < -0.39 is 6.03 Å². The van der Waals surface area contributed by atoms with E-state index in [1.54, 1.807) is 31.4 Å². The number of hydrogen-bond acceptors (Lipinski definition) is 5. The smallest absolute Gasteiger partial charge is 0.323 e. The lowest BCUT2D eigenvalue weighted by Gasteiger charge is -2.33. The predicted molar refractivity (Wildman–Crippen MR) is 130 cm³/mol. The molecule has 1 aliphatic carbocycles. The fourth-order valence-electron chi connectivity index (χ4n) is 4.00. The zero-order valence-corrected chi connectivity index (χ0v) is 19.4. The topological polar surface area (TPSA) is 91.9 Å². The molecule has 33 heavy (non-hydrogen) atoms. The highest BCUT2D eigenvalue weighted by atomic mass is 16.5. The van der Waals surface area contributed by atoms with E-state index in [0.717, 1.165) is 44.5 Å². The second-order valence-electron chi connectivity index (χ2n) is 8.79. The lowest BCUT2D eigenvalue weighted by molar-refractivity contribution is 0.0951. The van der Waals surface area contributed by atoms with Gasteiger partial charge in [-0.25, -0.2) is 4.79 Å². The minimum atomic E-state index is -0.424. The van der Waals surface area contributed by atoms with Crippen LogP contribution in [0.5, 0.6) is 11.5 Å². The summed E-state index contributed by atoms with van der Waals surface area (Å²) in [6.07, 6.45) is 4.25. The number of nitrogens with zero attached hydrogens (tertiary/aromatic N) is 1. The molecular formula is C25H32N4O4. The van der Waals surface area contributed by atoms with Gasteiger partial charge in [0, 0.05) is 36.6 Å². The summed E-state index contributed by atoms with van der Waals surface area (Å²) >= 11 is 0. The molecule has 0 unspecified atom stereocenters. The molecular weight excluding hydrogens is 420 g/mol. The predicted octanol–water partition coefficient (Wildman–Crippen LogP) is 4.48. The van der Waals surface area contributed by atoms with E-state index in [2.05, 4.69) is 27.8 Å². The maximum atomic E-state index is 13.0. The van der Waals surface area contributed by atoms with Crippen molar-refractivity contribution in [2.45, 2.75) is 38.6 Å². The van der Waals surface area contributed by atoms with Crippen LogP contribution in [-0.2, 0) is 0 Å². The Hall–Kier alpha value is -3.42. The van der Waals surface area contributed by atoms with Gasteiger partial charge in [0.2, 0.25) is 0 Å². The number of carbonyl (C=O) groups excluding carboxylic acids is 2. The van der Waals surface area contributed by atoms with Crippen LogP contribution in [0.4, 0.5) is 21.9 Å². The van der Waals surface area contributed by atoms with E-state index in [1.807, 2.05) is 12.1 Å². The molecule has 1 aliphatic heterocycles. The number of piperidine rings is 1. The van der Waals surface area contributed by atoms with Crippen LogP contribution in [0.2, 0.25) is 0 Å². The summed E-state index contributed by atoms with van der Waals surface area (Å²) in [7, 11) is 3.10. The largest absolute Gasteiger partial charge is 0.497 e. The standard InChI is InChI=1S/C25H32N4O4/c1-16-10-12-29(13-11-16)22-9-6-18(14-20(22)24(30)26-17-4-5-17)27-25(31)28-21-8-7-19(32-2)15-23(21)33-3/h6-9,14-17H,4-5,10-13H2,1-3H3,(H,26,30)(H2,27,28,31). The number of ether oxygens (including phenoxy) is 2. The van der Waals surface area contributed by atoms with Crippen LogP contribution in [-0.4, -0.2) is 45.3 Å². The molecule has 0 atom stereocenters. The van der Waals surface area contributed by atoms with Crippen molar-refractivity contribution in [3.63, 3.8) is 0 Å². The summed E-state index contributed by atoms with van der Waals surface area (Å²) in [5.41, 5.74) is 2.58. The summed E-state index contributed by atoms with van der Waals surface area (Å²) in [5.74, 6) is 1.73. The van der Waals surface area contributed by atoms with Crippen molar-refractivity contribution >= 4 is 29.0 Å². The first-order valence-corrected chi connectivity index (χ1v) is 11.5. The number of carbonyl (C=O) groups is 2. The SMILES string of the molecule is COc1ccc(NC(=O)Nc2ccc(N3CCC(C)CC3)c(C(=O)NC3CC3)c2)c(OC)c1. The minimum absolute atomic E-state index is 0.0907. The van der Waals surface area contributed by atoms with E-state index in [9.17, 15) is 9.59 Å². The lowest BCUT2D eigenvalue weighted by Crippen LogP contribution is -2.35. The molecule has 2 aromatic carbocycles. The van der Waals surface area contributed by atoms with Gasteiger partial charge >= 0.3 is 6.03 Å². The maximum absolute atomic E-state index is 13.0. The van der Waals surface area contributed by atoms with Gasteiger partial charge in [0.1, 0.15) is 11.5 Å². The Morgan fingerprint density at radius 1 is 0.939 bits per heavy atom. The molecule has 176 valence electrons. The van der Waals surface area contributed by atoms with Gasteiger partial charge in [0.15, 0.2) is 0 Å². The third kappa shape index (κ3) is 5.69.